The molecule has 19 heavy (non-hydrogen) atoms. The maximum atomic E-state index is 12.4. The first-order valence-corrected chi connectivity index (χ1v) is 6.42. The van der Waals surface area contributed by atoms with Crippen LogP contribution < -0.4 is 4.74 Å². The van der Waals surface area contributed by atoms with Crippen LogP contribution in [0, 0.1) is 10.5 Å². The molecule has 2 aromatic rings. The van der Waals surface area contributed by atoms with Crippen LogP contribution in [0.5, 0.6) is 11.6 Å². The van der Waals surface area contributed by atoms with Gasteiger partial charge < -0.3 is 4.74 Å². The van der Waals surface area contributed by atoms with Gasteiger partial charge in [0.1, 0.15) is 5.75 Å². The molecule has 0 atom stereocenters. The lowest BCUT2D eigenvalue weighted by Gasteiger charge is -2.09. The first-order valence-electron chi connectivity index (χ1n) is 5.34. The maximum Gasteiger partial charge on any atom is 0.416 e. The van der Waals surface area contributed by atoms with E-state index < -0.39 is 11.7 Å². The molecule has 0 aliphatic carbocycles. The Balaban J connectivity index is 2.20. The summed E-state index contributed by atoms with van der Waals surface area (Å²) >= 11 is 2.12. The van der Waals surface area contributed by atoms with E-state index in [1.807, 2.05) is 13.0 Å². The van der Waals surface area contributed by atoms with Gasteiger partial charge in [-0.15, -0.1) is 0 Å². The molecule has 100 valence electrons. The number of hydrogen-bond donors (Lipinski definition) is 0. The molecule has 0 N–H and O–H groups in total. The summed E-state index contributed by atoms with van der Waals surface area (Å²) in [6, 6.07) is 8.11. The fourth-order valence-corrected chi connectivity index (χ4v) is 2.20. The molecule has 0 amide bonds. The van der Waals surface area contributed by atoms with E-state index in [1.54, 1.807) is 6.07 Å². The van der Waals surface area contributed by atoms with Crippen LogP contribution in [0.15, 0.2) is 36.4 Å². The minimum atomic E-state index is -4.34. The summed E-state index contributed by atoms with van der Waals surface area (Å²) in [6.45, 7) is 1.82. The zero-order valence-corrected chi connectivity index (χ0v) is 12.0. The number of benzene rings is 1. The average molecular weight is 379 g/mol. The van der Waals surface area contributed by atoms with Gasteiger partial charge in [-0.05, 0) is 59.8 Å². The highest BCUT2D eigenvalue weighted by molar-refractivity contribution is 14.1. The van der Waals surface area contributed by atoms with Crippen LogP contribution in [0.3, 0.4) is 0 Å². The Morgan fingerprint density at radius 3 is 2.26 bits per heavy atom. The van der Waals surface area contributed by atoms with E-state index in [2.05, 4.69) is 27.6 Å². The lowest BCUT2D eigenvalue weighted by molar-refractivity contribution is -0.137. The SMILES string of the molecule is Cc1cc(I)cc(Oc2ccc(C(F)(F)F)cc2)n1. The lowest BCUT2D eigenvalue weighted by atomic mass is 10.2. The standard InChI is InChI=1S/C13H9F3INO/c1-8-6-10(17)7-12(18-8)19-11-4-2-9(3-5-11)13(14,15)16/h2-7H,1H3. The Morgan fingerprint density at radius 2 is 1.74 bits per heavy atom. The smallest absolute Gasteiger partial charge is 0.416 e. The molecule has 6 heteroatoms. The van der Waals surface area contributed by atoms with Gasteiger partial charge >= 0.3 is 6.18 Å². The van der Waals surface area contributed by atoms with Gasteiger partial charge in [-0.25, -0.2) is 4.98 Å². The third kappa shape index (κ3) is 3.82. The zero-order valence-electron chi connectivity index (χ0n) is 9.83. The number of pyridine rings is 1. The van der Waals surface area contributed by atoms with Crippen molar-refractivity contribution in [2.45, 2.75) is 13.1 Å². The molecule has 0 bridgehead atoms. The number of ether oxygens (including phenoxy) is 1. The van der Waals surface area contributed by atoms with Gasteiger partial charge in [0.15, 0.2) is 0 Å². The fraction of sp³-hybridized carbons (Fsp3) is 0.154. The van der Waals surface area contributed by atoms with E-state index in [1.165, 1.54) is 12.1 Å². The number of alkyl halides is 3. The number of hydrogen-bond acceptors (Lipinski definition) is 2. The summed E-state index contributed by atoms with van der Waals surface area (Å²) in [6.07, 6.45) is -4.34. The minimum Gasteiger partial charge on any atom is -0.439 e. The van der Waals surface area contributed by atoms with Crippen LogP contribution in [0.25, 0.3) is 0 Å². The molecule has 2 nitrogen and oxygen atoms in total. The molecule has 1 heterocycles. The molecule has 0 aliphatic rings. The van der Waals surface area contributed by atoms with Crippen molar-refractivity contribution >= 4 is 22.6 Å². The van der Waals surface area contributed by atoms with Crippen molar-refractivity contribution in [2.75, 3.05) is 0 Å². The summed E-state index contributed by atoms with van der Waals surface area (Å²) in [7, 11) is 0. The predicted octanol–water partition coefficient (Wildman–Crippen LogP) is 4.81. The molecule has 1 aromatic heterocycles. The third-order valence-electron chi connectivity index (χ3n) is 2.30. The van der Waals surface area contributed by atoms with Crippen molar-refractivity contribution in [3.05, 3.63) is 51.2 Å². The molecule has 0 saturated carbocycles. The molecule has 2 rings (SSSR count). The van der Waals surface area contributed by atoms with E-state index in [0.717, 1.165) is 21.4 Å². The van der Waals surface area contributed by atoms with Gasteiger partial charge in [-0.2, -0.15) is 13.2 Å². The molecule has 0 saturated heterocycles. The van der Waals surface area contributed by atoms with E-state index in [-0.39, 0.29) is 0 Å². The highest BCUT2D eigenvalue weighted by Gasteiger charge is 2.30. The second-order valence-electron chi connectivity index (χ2n) is 3.89. The molecular weight excluding hydrogens is 370 g/mol. The van der Waals surface area contributed by atoms with E-state index in [0.29, 0.717) is 11.6 Å². The minimum absolute atomic E-state index is 0.321. The normalized spacial score (nSPS) is 11.4. The molecule has 0 spiro atoms. The zero-order chi connectivity index (χ0) is 14.0. The van der Waals surface area contributed by atoms with Crippen molar-refractivity contribution in [1.82, 2.24) is 4.98 Å². The molecule has 0 aliphatic heterocycles. The monoisotopic (exact) mass is 379 g/mol. The maximum absolute atomic E-state index is 12.4. The number of aryl methyl sites for hydroxylation is 1. The molecule has 1 aromatic carbocycles. The van der Waals surface area contributed by atoms with Gasteiger partial charge in [-0.3, -0.25) is 0 Å². The van der Waals surface area contributed by atoms with Crippen molar-refractivity contribution in [3.8, 4) is 11.6 Å². The number of rotatable bonds is 2. The second kappa shape index (κ2) is 5.36. The van der Waals surface area contributed by atoms with Crippen LogP contribution in [0.4, 0.5) is 13.2 Å². The number of nitrogens with zero attached hydrogens (tertiary/aromatic N) is 1. The van der Waals surface area contributed by atoms with Crippen molar-refractivity contribution in [1.29, 1.82) is 0 Å². The summed E-state index contributed by atoms with van der Waals surface area (Å²) in [4.78, 5) is 4.15. The van der Waals surface area contributed by atoms with Crippen molar-refractivity contribution in [2.24, 2.45) is 0 Å². The number of aromatic nitrogens is 1. The molecular formula is C13H9F3INO. The molecule has 0 fully saturated rings. The third-order valence-corrected chi connectivity index (χ3v) is 2.92. The average Bonchev–Trinajstić information content (AvgIpc) is 2.26. The molecule has 0 unspecified atom stereocenters. The van der Waals surface area contributed by atoms with E-state index >= 15 is 0 Å². The van der Waals surface area contributed by atoms with Gasteiger partial charge in [0, 0.05) is 15.3 Å². The quantitative estimate of drug-likeness (QED) is 0.699. The molecule has 0 radical (unpaired) electrons. The second-order valence-corrected chi connectivity index (χ2v) is 5.13. The van der Waals surface area contributed by atoms with Crippen LogP contribution in [0.2, 0.25) is 0 Å². The van der Waals surface area contributed by atoms with Gasteiger partial charge in [-0.1, -0.05) is 0 Å². The highest BCUT2D eigenvalue weighted by Crippen LogP contribution is 2.31. The van der Waals surface area contributed by atoms with E-state index in [9.17, 15) is 13.2 Å². The van der Waals surface area contributed by atoms with Gasteiger partial charge in [0.05, 0.1) is 5.56 Å². The van der Waals surface area contributed by atoms with Crippen molar-refractivity contribution < 1.29 is 17.9 Å². The van der Waals surface area contributed by atoms with Crippen molar-refractivity contribution in [3.63, 3.8) is 0 Å². The lowest BCUT2D eigenvalue weighted by Crippen LogP contribution is -2.04. The summed E-state index contributed by atoms with van der Waals surface area (Å²) in [5.74, 6) is 0.686. The largest absolute Gasteiger partial charge is 0.439 e. The van der Waals surface area contributed by atoms with Gasteiger partial charge in [0.25, 0.3) is 0 Å². The summed E-state index contributed by atoms with van der Waals surface area (Å²) < 4.78 is 43.6. The van der Waals surface area contributed by atoms with Crippen LogP contribution >= 0.6 is 22.6 Å². The van der Waals surface area contributed by atoms with Crippen LogP contribution in [0.1, 0.15) is 11.3 Å². The van der Waals surface area contributed by atoms with Gasteiger partial charge in [0.2, 0.25) is 5.88 Å². The first-order chi connectivity index (χ1) is 8.84. The first kappa shape index (κ1) is 14.1. The summed E-state index contributed by atoms with van der Waals surface area (Å²) in [5, 5.41) is 0. The topological polar surface area (TPSA) is 22.1 Å². The Morgan fingerprint density at radius 1 is 1.11 bits per heavy atom. The fourth-order valence-electron chi connectivity index (χ4n) is 1.48. The Hall–Kier alpha value is -1.31. The highest BCUT2D eigenvalue weighted by atomic mass is 127. The number of halogens is 4. The Kier molecular flexibility index (Phi) is 3.98. The summed E-state index contributed by atoms with van der Waals surface area (Å²) in [5.41, 5.74) is 0.0837. The predicted molar refractivity (Wildman–Crippen MR) is 73.2 cm³/mol. The van der Waals surface area contributed by atoms with Crippen LogP contribution in [-0.2, 0) is 6.18 Å². The van der Waals surface area contributed by atoms with Crippen LogP contribution in [-0.4, -0.2) is 4.98 Å². The van der Waals surface area contributed by atoms with E-state index in [4.69, 9.17) is 4.74 Å². The Labute approximate surface area is 121 Å². The Bertz CT molecular complexity index is 561.